The minimum atomic E-state index is -5.67. The van der Waals surface area contributed by atoms with Gasteiger partial charge in [0.1, 0.15) is 42.7 Å². The smallest absolute Gasteiger partial charge is 0.394 e. The van der Waals surface area contributed by atoms with Gasteiger partial charge in [0.15, 0.2) is 12.5 Å². The van der Waals surface area contributed by atoms with Crippen LogP contribution in [0.5, 0.6) is 0 Å². The summed E-state index contributed by atoms with van der Waals surface area (Å²) in [6.45, 7) is -3.25. The van der Waals surface area contributed by atoms with Crippen LogP contribution in [0.3, 0.4) is 0 Å². The highest BCUT2D eigenvalue weighted by Gasteiger charge is 2.49. The molecular formula is C15H30N4O17P2. The highest BCUT2D eigenvalue weighted by molar-refractivity contribution is 7.61. The zero-order chi connectivity index (χ0) is 27.9. The number of aliphatic hydroxyl groups is 6. The topological polar surface area (TPSA) is 367 Å². The van der Waals surface area contributed by atoms with Crippen molar-refractivity contribution in [3.05, 3.63) is 33.1 Å². The average molecular weight is 602 g/mol. The van der Waals surface area contributed by atoms with Crippen LogP contribution < -0.4 is 23.6 Å². The summed E-state index contributed by atoms with van der Waals surface area (Å²) < 4.78 is 55.1. The Morgan fingerprint density at radius 3 is 2.13 bits per heavy atom. The number of ether oxygens (including phenoxy) is 2. The monoisotopic (exact) mass is 602 g/mol. The van der Waals surface area contributed by atoms with Crippen LogP contribution in [0.2, 0.25) is 0 Å². The second-order valence-corrected chi connectivity index (χ2v) is 10.6. The minimum absolute atomic E-state index is 0. The SMILES string of the molecule is N.N.[3H]C(O)[C@H]1O[C@H](OP(=O)(O)OP(=O)(O)OC[C@H]2O[C@@H](n3ccc(=O)[nH]c3=O)[C@H](O)[C@@H]2O)[C@H](O)[C@@H](O)[C@H]1O. The molecule has 23 heteroatoms. The van der Waals surface area contributed by atoms with Gasteiger partial charge in [-0.15, -0.1) is 0 Å². The summed E-state index contributed by atoms with van der Waals surface area (Å²) >= 11 is 0. The summed E-state index contributed by atoms with van der Waals surface area (Å²) in [6.07, 6.45) is -16.4. The lowest BCUT2D eigenvalue weighted by Crippen LogP contribution is -2.58. The van der Waals surface area contributed by atoms with Crippen molar-refractivity contribution in [2.24, 2.45) is 0 Å². The number of rotatable bonds is 9. The second-order valence-electron chi connectivity index (χ2n) is 7.57. The Morgan fingerprint density at radius 1 is 0.947 bits per heavy atom. The Labute approximate surface area is 213 Å². The van der Waals surface area contributed by atoms with E-state index < -0.39 is 95.3 Å². The Morgan fingerprint density at radius 2 is 1.55 bits per heavy atom. The third kappa shape index (κ3) is 7.81. The van der Waals surface area contributed by atoms with Gasteiger partial charge in [-0.3, -0.25) is 23.4 Å². The van der Waals surface area contributed by atoms with Crippen molar-refractivity contribution < 1.29 is 73.8 Å². The number of phosphoric ester groups is 2. The minimum Gasteiger partial charge on any atom is -0.394 e. The summed E-state index contributed by atoms with van der Waals surface area (Å²) in [7, 11) is -11.2. The molecule has 3 unspecified atom stereocenters. The largest absolute Gasteiger partial charge is 0.483 e. The summed E-state index contributed by atoms with van der Waals surface area (Å²) in [5.74, 6) is 0. The number of aliphatic hydroxyl groups excluding tert-OH is 6. The standard InChI is InChI=1S/C15H24N2O17P2.2H3N/c18-3-5-8(20)10(22)12(24)14(32-5)33-36(28,29)34-35(26,27)30-4-6-9(21)11(23)13(31-6)17-2-1-7(19)16-15(17)25;;/h1-2,5-6,8-14,18,20-24H,3-4H2,(H,26,27)(H,28,29)(H,16,19,25);2*1H3/t5-,6-,8+,9-,10+,11-,12-,13-,14-;;/m1../s1/i3T;;/t3?,5-,6-,8+,9-,10+,11-,12-,13-,14-;;. The average Bonchev–Trinajstić information content (AvgIpc) is 3.05. The van der Waals surface area contributed by atoms with Gasteiger partial charge in [-0.05, 0) is 0 Å². The Hall–Kier alpha value is -1.46. The van der Waals surface area contributed by atoms with Crippen molar-refractivity contribution in [2.75, 3.05) is 13.2 Å². The molecule has 0 spiro atoms. The van der Waals surface area contributed by atoms with Crippen molar-refractivity contribution in [3.63, 3.8) is 0 Å². The maximum Gasteiger partial charge on any atom is 0.483 e. The van der Waals surface area contributed by atoms with Gasteiger partial charge < -0.3 is 62.2 Å². The summed E-state index contributed by atoms with van der Waals surface area (Å²) in [4.78, 5) is 44.5. The molecule has 1 aromatic heterocycles. The number of hydrogen-bond acceptors (Lipinski definition) is 17. The van der Waals surface area contributed by atoms with Crippen LogP contribution in [-0.2, 0) is 32.0 Å². The van der Waals surface area contributed by atoms with Crippen molar-refractivity contribution in [3.8, 4) is 0 Å². The van der Waals surface area contributed by atoms with Crippen LogP contribution in [0, 0.1) is 0 Å². The van der Waals surface area contributed by atoms with Gasteiger partial charge in [0.05, 0.1) is 14.6 Å². The van der Waals surface area contributed by atoms with Crippen molar-refractivity contribution >= 4 is 15.6 Å². The molecule has 15 N–H and O–H groups in total. The van der Waals surface area contributed by atoms with Gasteiger partial charge in [-0.2, -0.15) is 4.31 Å². The van der Waals surface area contributed by atoms with Crippen molar-refractivity contribution in [2.45, 2.75) is 55.2 Å². The van der Waals surface area contributed by atoms with E-state index in [1.54, 1.807) is 0 Å². The van der Waals surface area contributed by atoms with Gasteiger partial charge >= 0.3 is 21.3 Å². The number of hydrogen-bond donors (Lipinski definition) is 11. The second kappa shape index (κ2) is 13.3. The molecule has 222 valence electrons. The normalized spacial score (nSPS) is 37.6. The molecule has 2 fully saturated rings. The molecule has 1 aromatic rings. The molecule has 3 rings (SSSR count). The van der Waals surface area contributed by atoms with Crippen LogP contribution in [0.4, 0.5) is 0 Å². The van der Waals surface area contributed by atoms with E-state index in [4.69, 9.17) is 10.8 Å². The molecule has 0 bridgehead atoms. The fraction of sp³-hybridized carbons (Fsp3) is 0.733. The van der Waals surface area contributed by atoms with Crippen LogP contribution in [0.1, 0.15) is 7.60 Å². The fourth-order valence-electron chi connectivity index (χ4n) is 3.28. The molecule has 0 amide bonds. The van der Waals surface area contributed by atoms with E-state index in [1.165, 1.54) is 0 Å². The molecular weight excluding hydrogens is 570 g/mol. The van der Waals surface area contributed by atoms with Crippen molar-refractivity contribution in [1.82, 2.24) is 21.9 Å². The molecule has 0 saturated carbocycles. The van der Waals surface area contributed by atoms with E-state index in [0.29, 0.717) is 4.57 Å². The zero-order valence-electron chi connectivity index (χ0n) is 20.1. The zero-order valence-corrected chi connectivity index (χ0v) is 20.9. The van der Waals surface area contributed by atoms with Crippen LogP contribution >= 0.6 is 15.6 Å². The first-order chi connectivity index (χ1) is 17.0. The van der Waals surface area contributed by atoms with Crippen LogP contribution in [0.25, 0.3) is 0 Å². The predicted octanol–water partition coefficient (Wildman–Crippen LogP) is -4.47. The molecule has 3 heterocycles. The van der Waals surface area contributed by atoms with Gasteiger partial charge in [0, 0.05) is 12.3 Å². The number of aromatic nitrogens is 2. The van der Waals surface area contributed by atoms with Crippen LogP contribution in [-0.4, -0.2) is 112 Å². The van der Waals surface area contributed by atoms with E-state index in [-0.39, 0.29) is 12.3 Å². The number of nitrogens with one attached hydrogen (secondary N) is 1. The quantitative estimate of drug-likeness (QED) is 0.119. The Bertz CT molecular complexity index is 1170. The van der Waals surface area contributed by atoms with Gasteiger partial charge in [-0.25, -0.2) is 13.9 Å². The first-order valence-electron chi connectivity index (χ1n) is 10.4. The van der Waals surface area contributed by atoms with E-state index in [9.17, 15) is 59.1 Å². The van der Waals surface area contributed by atoms with E-state index in [1.807, 2.05) is 4.98 Å². The molecule has 38 heavy (non-hydrogen) atoms. The van der Waals surface area contributed by atoms with Crippen LogP contribution in [0.15, 0.2) is 21.9 Å². The summed E-state index contributed by atoms with van der Waals surface area (Å²) in [6, 6.07) is 0.919. The third-order valence-electron chi connectivity index (χ3n) is 5.06. The number of H-pyrrole nitrogens is 1. The molecule has 21 nitrogen and oxygen atoms in total. The lowest BCUT2D eigenvalue weighted by atomic mass is 10.00. The number of aromatic amines is 1. The summed E-state index contributed by atoms with van der Waals surface area (Å²) in [5, 5.41) is 58.8. The maximum atomic E-state index is 12.2. The van der Waals surface area contributed by atoms with Gasteiger partial charge in [-0.1, -0.05) is 0 Å². The molecule has 2 aliphatic rings. The third-order valence-corrected chi connectivity index (χ3v) is 7.66. The Balaban J connectivity index is 0.00000380. The van der Waals surface area contributed by atoms with Crippen molar-refractivity contribution in [1.29, 1.82) is 0 Å². The van der Waals surface area contributed by atoms with Gasteiger partial charge in [0.25, 0.3) is 5.56 Å². The predicted molar refractivity (Wildman–Crippen MR) is 119 cm³/mol. The first kappa shape index (κ1) is 32.8. The molecule has 12 atom stereocenters. The lowest BCUT2D eigenvalue weighted by molar-refractivity contribution is -0.280. The van der Waals surface area contributed by atoms with E-state index >= 15 is 0 Å². The maximum absolute atomic E-state index is 12.2. The highest BCUT2D eigenvalue weighted by atomic mass is 31.3. The highest BCUT2D eigenvalue weighted by Crippen LogP contribution is 2.61. The lowest BCUT2D eigenvalue weighted by Gasteiger charge is -2.39. The molecule has 2 saturated heterocycles. The van der Waals surface area contributed by atoms with E-state index in [0.717, 1.165) is 12.3 Å². The molecule has 0 radical (unpaired) electrons. The number of phosphoric acid groups is 2. The fourth-order valence-corrected chi connectivity index (χ4v) is 5.44. The molecule has 0 aliphatic carbocycles. The number of nitrogens with zero attached hydrogens (tertiary/aromatic N) is 1. The molecule has 0 aromatic carbocycles. The first-order valence-corrected chi connectivity index (χ1v) is 12.8. The summed E-state index contributed by atoms with van der Waals surface area (Å²) in [5.41, 5.74) is -1.77. The molecule has 2 aliphatic heterocycles. The van der Waals surface area contributed by atoms with Gasteiger partial charge in [0.2, 0.25) is 0 Å². The van der Waals surface area contributed by atoms with E-state index in [2.05, 4.69) is 13.4 Å². The Kier molecular flexibility index (Phi) is 11.4.